The molecule has 5 heteroatoms. The first-order chi connectivity index (χ1) is 15.5. The van der Waals surface area contributed by atoms with Crippen LogP contribution in [-0.4, -0.2) is 31.8 Å². The van der Waals surface area contributed by atoms with Crippen molar-refractivity contribution in [3.8, 4) is 0 Å². The zero-order chi connectivity index (χ0) is 24.4. The highest BCUT2D eigenvalue weighted by Gasteiger charge is 2.40. The number of hydrogen-bond acceptors (Lipinski definition) is 5. The maximum absolute atomic E-state index is 13.4. The summed E-state index contributed by atoms with van der Waals surface area (Å²) in [4.78, 5) is 37.8. The van der Waals surface area contributed by atoms with Crippen molar-refractivity contribution in [3.63, 3.8) is 0 Å². The molecule has 33 heavy (non-hydrogen) atoms. The van der Waals surface area contributed by atoms with Crippen molar-refractivity contribution < 1.29 is 23.9 Å². The van der Waals surface area contributed by atoms with Gasteiger partial charge in [-0.25, -0.2) is 4.79 Å². The van der Waals surface area contributed by atoms with E-state index in [9.17, 15) is 14.4 Å². The third-order valence-electron chi connectivity index (χ3n) is 6.80. The van der Waals surface area contributed by atoms with E-state index in [0.717, 1.165) is 24.0 Å². The number of rotatable bonds is 8. The first-order valence-corrected chi connectivity index (χ1v) is 11.4. The summed E-state index contributed by atoms with van der Waals surface area (Å²) >= 11 is 0. The molecule has 0 unspecified atom stereocenters. The van der Waals surface area contributed by atoms with Gasteiger partial charge in [0.1, 0.15) is 0 Å². The number of ketones is 2. The van der Waals surface area contributed by atoms with Gasteiger partial charge in [-0.3, -0.25) is 9.59 Å². The maximum atomic E-state index is 13.4. The molecule has 0 saturated carbocycles. The molecule has 0 aromatic heterocycles. The summed E-state index contributed by atoms with van der Waals surface area (Å²) in [5.74, 6) is -0.591. The Morgan fingerprint density at radius 1 is 0.818 bits per heavy atom. The molecule has 0 radical (unpaired) electrons. The second-order valence-corrected chi connectivity index (χ2v) is 10.2. The molecule has 0 amide bonds. The highest BCUT2D eigenvalue weighted by Crippen LogP contribution is 2.47. The smallest absolute Gasteiger partial charge is 0.337 e. The van der Waals surface area contributed by atoms with Crippen molar-refractivity contribution in [2.45, 2.75) is 70.8 Å². The quantitative estimate of drug-likeness (QED) is 0.375. The third kappa shape index (κ3) is 5.25. The van der Waals surface area contributed by atoms with Crippen LogP contribution in [0, 0.1) is 0 Å². The van der Waals surface area contributed by atoms with Crippen LogP contribution in [0.3, 0.4) is 0 Å². The molecule has 1 aliphatic rings. The van der Waals surface area contributed by atoms with Crippen LogP contribution in [0.1, 0.15) is 101 Å². The molecule has 176 valence electrons. The van der Waals surface area contributed by atoms with Crippen LogP contribution in [-0.2, 0) is 26.9 Å². The normalized spacial score (nSPS) is 16.1. The van der Waals surface area contributed by atoms with Gasteiger partial charge in [-0.1, -0.05) is 45.9 Å². The second-order valence-electron chi connectivity index (χ2n) is 10.2. The molecular formula is C28H34O5. The van der Waals surface area contributed by atoms with Crippen LogP contribution in [0.4, 0.5) is 0 Å². The van der Waals surface area contributed by atoms with Gasteiger partial charge in [0.05, 0.1) is 19.3 Å². The van der Waals surface area contributed by atoms with Crippen LogP contribution in [0.5, 0.6) is 0 Å². The average molecular weight is 451 g/mol. The number of hydrogen-bond donors (Lipinski definition) is 0. The Morgan fingerprint density at radius 3 is 2.00 bits per heavy atom. The van der Waals surface area contributed by atoms with Crippen molar-refractivity contribution in [2.24, 2.45) is 0 Å². The predicted molar refractivity (Wildman–Crippen MR) is 128 cm³/mol. The zero-order valence-electron chi connectivity index (χ0n) is 20.5. The third-order valence-corrected chi connectivity index (χ3v) is 6.80. The van der Waals surface area contributed by atoms with Gasteiger partial charge in [-0.05, 0) is 58.6 Å². The molecule has 0 atom stereocenters. The lowest BCUT2D eigenvalue weighted by atomic mass is 9.61. The van der Waals surface area contributed by atoms with E-state index in [1.54, 1.807) is 31.4 Å². The monoisotopic (exact) mass is 450 g/mol. The number of fused-ring (bicyclic) bond motifs is 1. The number of Topliss-reactive ketones (excluding diaryl/α,β-unsaturated/α-hetero) is 2. The molecule has 1 aliphatic carbocycles. The lowest BCUT2D eigenvalue weighted by molar-refractivity contribution is 0.0600. The maximum Gasteiger partial charge on any atom is 0.337 e. The standard InChI is InChI=1S/C28H34O5/c1-27(2)13-14-28(3,4)25-21(15-18(17-32-5)16-22(25)27)24(30)12-11-23(29)19-7-9-20(10-8-19)26(31)33-6/h7-10,15-16H,11-14,17H2,1-6H3. The number of methoxy groups -OCH3 is 2. The van der Waals surface area contributed by atoms with E-state index >= 15 is 0 Å². The lowest BCUT2D eigenvalue weighted by Gasteiger charge is -2.43. The zero-order valence-corrected chi connectivity index (χ0v) is 20.5. The van der Waals surface area contributed by atoms with E-state index < -0.39 is 5.97 Å². The molecule has 5 nitrogen and oxygen atoms in total. The fraction of sp³-hybridized carbons (Fsp3) is 0.464. The number of carbonyl (C=O) groups excluding carboxylic acids is 3. The largest absolute Gasteiger partial charge is 0.465 e. The molecule has 0 bridgehead atoms. The minimum Gasteiger partial charge on any atom is -0.465 e. The SMILES string of the molecule is COCc1cc(C(=O)CCC(=O)c2ccc(C(=O)OC)cc2)c2c(c1)C(C)(C)CCC2(C)C. The van der Waals surface area contributed by atoms with Crippen molar-refractivity contribution in [1.82, 2.24) is 0 Å². The molecule has 0 aliphatic heterocycles. The highest BCUT2D eigenvalue weighted by molar-refractivity contribution is 6.03. The van der Waals surface area contributed by atoms with Crippen molar-refractivity contribution >= 4 is 17.5 Å². The molecule has 0 saturated heterocycles. The van der Waals surface area contributed by atoms with E-state index in [-0.39, 0.29) is 35.2 Å². The van der Waals surface area contributed by atoms with Gasteiger partial charge in [0.15, 0.2) is 11.6 Å². The Balaban J connectivity index is 1.87. The van der Waals surface area contributed by atoms with Gasteiger partial charge in [-0.15, -0.1) is 0 Å². The van der Waals surface area contributed by atoms with E-state index in [2.05, 4.69) is 33.8 Å². The Morgan fingerprint density at radius 2 is 1.39 bits per heavy atom. The van der Waals surface area contributed by atoms with E-state index in [0.29, 0.717) is 23.3 Å². The summed E-state index contributed by atoms with van der Waals surface area (Å²) in [5, 5.41) is 0. The Labute approximate surface area is 196 Å². The fourth-order valence-corrected chi connectivity index (χ4v) is 4.74. The summed E-state index contributed by atoms with van der Waals surface area (Å²) < 4.78 is 10.1. The van der Waals surface area contributed by atoms with E-state index in [1.807, 2.05) is 6.07 Å². The predicted octanol–water partition coefficient (Wildman–Crippen LogP) is 5.81. The summed E-state index contributed by atoms with van der Waals surface area (Å²) in [6, 6.07) is 10.5. The van der Waals surface area contributed by atoms with Crippen LogP contribution >= 0.6 is 0 Å². The van der Waals surface area contributed by atoms with Gasteiger partial charge in [-0.2, -0.15) is 0 Å². The summed E-state index contributed by atoms with van der Waals surface area (Å²) in [6.07, 6.45) is 2.31. The van der Waals surface area contributed by atoms with Gasteiger partial charge < -0.3 is 9.47 Å². The Kier molecular flexibility index (Phi) is 7.23. The molecule has 0 heterocycles. The van der Waals surface area contributed by atoms with Gasteiger partial charge in [0.2, 0.25) is 0 Å². The molecule has 0 spiro atoms. The number of carbonyl (C=O) groups is 3. The minimum atomic E-state index is -0.449. The Hall–Kier alpha value is -2.79. The molecule has 0 N–H and O–H groups in total. The molecule has 2 aromatic rings. The van der Waals surface area contributed by atoms with Crippen LogP contribution < -0.4 is 0 Å². The molecular weight excluding hydrogens is 416 g/mol. The molecule has 0 fully saturated rings. The number of esters is 1. The molecule has 3 rings (SSSR count). The summed E-state index contributed by atoms with van der Waals surface area (Å²) in [5.41, 5.74) is 4.74. The van der Waals surface area contributed by atoms with Gasteiger partial charge >= 0.3 is 5.97 Å². The van der Waals surface area contributed by atoms with E-state index in [4.69, 9.17) is 9.47 Å². The number of benzene rings is 2. The first-order valence-electron chi connectivity index (χ1n) is 11.4. The fourth-order valence-electron chi connectivity index (χ4n) is 4.74. The van der Waals surface area contributed by atoms with Crippen LogP contribution in [0.25, 0.3) is 0 Å². The topological polar surface area (TPSA) is 69.7 Å². The summed E-state index contributed by atoms with van der Waals surface area (Å²) in [7, 11) is 2.97. The number of ether oxygens (including phenoxy) is 2. The average Bonchev–Trinajstić information content (AvgIpc) is 2.79. The Bertz CT molecular complexity index is 1060. The second kappa shape index (κ2) is 9.60. The first kappa shape index (κ1) is 24.8. The van der Waals surface area contributed by atoms with E-state index in [1.165, 1.54) is 12.7 Å². The van der Waals surface area contributed by atoms with Gasteiger partial charge in [0, 0.05) is 31.1 Å². The molecule has 2 aromatic carbocycles. The highest BCUT2D eigenvalue weighted by atomic mass is 16.5. The van der Waals surface area contributed by atoms with Crippen molar-refractivity contribution in [2.75, 3.05) is 14.2 Å². The summed E-state index contributed by atoms with van der Waals surface area (Å²) in [6.45, 7) is 9.29. The van der Waals surface area contributed by atoms with Gasteiger partial charge in [0.25, 0.3) is 0 Å². The van der Waals surface area contributed by atoms with Crippen LogP contribution in [0.15, 0.2) is 36.4 Å². The lowest BCUT2D eigenvalue weighted by Crippen LogP contribution is -2.36. The van der Waals surface area contributed by atoms with Crippen LogP contribution in [0.2, 0.25) is 0 Å². The van der Waals surface area contributed by atoms with Crippen molar-refractivity contribution in [1.29, 1.82) is 0 Å². The van der Waals surface area contributed by atoms with Crippen molar-refractivity contribution in [3.05, 3.63) is 69.8 Å². The minimum absolute atomic E-state index is 0.0190.